The van der Waals surface area contributed by atoms with Crippen molar-refractivity contribution in [2.45, 2.75) is 38.3 Å². The Kier molecular flexibility index (Phi) is 6.67. The van der Waals surface area contributed by atoms with Crippen LogP contribution in [0.15, 0.2) is 0 Å². The van der Waals surface area contributed by atoms with Crippen molar-refractivity contribution in [1.82, 2.24) is 16.0 Å². The van der Waals surface area contributed by atoms with E-state index in [1.165, 1.54) is 0 Å². The largest absolute Gasteiger partial charge is 0.383 e. The Labute approximate surface area is 108 Å². The molecule has 0 aromatic heterocycles. The maximum atomic E-state index is 11.6. The molecule has 0 aromatic carbocycles. The molecule has 1 aliphatic carbocycles. The van der Waals surface area contributed by atoms with Crippen molar-refractivity contribution in [3.05, 3.63) is 0 Å². The van der Waals surface area contributed by atoms with Gasteiger partial charge in [-0.05, 0) is 19.8 Å². The van der Waals surface area contributed by atoms with Crippen LogP contribution in [0.25, 0.3) is 0 Å². The first-order chi connectivity index (χ1) is 8.63. The molecule has 0 aromatic rings. The summed E-state index contributed by atoms with van der Waals surface area (Å²) in [6.07, 6.45) is 2.60. The minimum Gasteiger partial charge on any atom is -0.383 e. The van der Waals surface area contributed by atoms with E-state index in [0.717, 1.165) is 12.8 Å². The molecule has 1 fully saturated rings. The topological polar surface area (TPSA) is 79.5 Å². The standard InChI is InChI=1S/C12H23N3O3/c1-9(12(17)14-7-8-18-2)13-6-5-11(16)15-10-3-4-10/h9-10,13H,3-8H2,1-2H3,(H,14,17)(H,15,16). The smallest absolute Gasteiger partial charge is 0.236 e. The predicted molar refractivity (Wildman–Crippen MR) is 68.1 cm³/mol. The van der Waals surface area contributed by atoms with Crippen LogP contribution >= 0.6 is 0 Å². The lowest BCUT2D eigenvalue weighted by molar-refractivity contribution is -0.124. The van der Waals surface area contributed by atoms with Crippen molar-refractivity contribution < 1.29 is 14.3 Å². The SMILES string of the molecule is COCCNC(=O)C(C)NCCC(=O)NC1CC1. The van der Waals surface area contributed by atoms with Crippen LogP contribution in [-0.4, -0.2) is 50.7 Å². The number of hydrogen-bond acceptors (Lipinski definition) is 4. The number of ether oxygens (including phenoxy) is 1. The Bertz CT molecular complexity index is 280. The number of hydrogen-bond donors (Lipinski definition) is 3. The molecule has 1 rings (SSSR count). The second-order valence-corrected chi connectivity index (χ2v) is 4.55. The summed E-state index contributed by atoms with van der Waals surface area (Å²) < 4.78 is 4.84. The molecular weight excluding hydrogens is 234 g/mol. The average molecular weight is 257 g/mol. The highest BCUT2D eigenvalue weighted by Gasteiger charge is 2.22. The van der Waals surface area contributed by atoms with Gasteiger partial charge in [0.15, 0.2) is 0 Å². The third-order valence-corrected chi connectivity index (χ3v) is 2.74. The fourth-order valence-corrected chi connectivity index (χ4v) is 1.45. The Morgan fingerprint density at radius 2 is 2.06 bits per heavy atom. The van der Waals surface area contributed by atoms with E-state index in [1.54, 1.807) is 14.0 Å². The Morgan fingerprint density at radius 1 is 1.33 bits per heavy atom. The van der Waals surface area contributed by atoms with Crippen LogP contribution in [0.1, 0.15) is 26.2 Å². The number of carbonyl (C=O) groups excluding carboxylic acids is 2. The van der Waals surface area contributed by atoms with Gasteiger partial charge in [0.05, 0.1) is 12.6 Å². The van der Waals surface area contributed by atoms with Gasteiger partial charge < -0.3 is 20.7 Å². The van der Waals surface area contributed by atoms with Gasteiger partial charge in [0, 0.05) is 32.7 Å². The minimum atomic E-state index is -0.296. The van der Waals surface area contributed by atoms with Gasteiger partial charge in [-0.2, -0.15) is 0 Å². The molecule has 0 saturated heterocycles. The Morgan fingerprint density at radius 3 is 2.67 bits per heavy atom. The maximum absolute atomic E-state index is 11.6. The van der Waals surface area contributed by atoms with E-state index < -0.39 is 0 Å². The van der Waals surface area contributed by atoms with Gasteiger partial charge in [0.1, 0.15) is 0 Å². The van der Waals surface area contributed by atoms with Crippen molar-refractivity contribution in [3.63, 3.8) is 0 Å². The summed E-state index contributed by atoms with van der Waals surface area (Å²) in [5.41, 5.74) is 0. The zero-order chi connectivity index (χ0) is 13.4. The first-order valence-corrected chi connectivity index (χ1v) is 6.43. The first kappa shape index (κ1) is 14.9. The lowest BCUT2D eigenvalue weighted by Gasteiger charge is -2.13. The van der Waals surface area contributed by atoms with Crippen molar-refractivity contribution >= 4 is 11.8 Å². The first-order valence-electron chi connectivity index (χ1n) is 6.43. The van der Waals surface area contributed by atoms with Gasteiger partial charge in [-0.15, -0.1) is 0 Å². The highest BCUT2D eigenvalue weighted by molar-refractivity contribution is 5.81. The van der Waals surface area contributed by atoms with E-state index >= 15 is 0 Å². The number of amides is 2. The van der Waals surface area contributed by atoms with Gasteiger partial charge in [-0.1, -0.05) is 0 Å². The summed E-state index contributed by atoms with van der Waals surface area (Å²) in [5, 5.41) is 8.66. The molecule has 3 N–H and O–H groups in total. The summed E-state index contributed by atoms with van der Waals surface area (Å²) in [4.78, 5) is 22.9. The maximum Gasteiger partial charge on any atom is 0.236 e. The van der Waals surface area contributed by atoms with Crippen molar-refractivity contribution in [1.29, 1.82) is 0 Å². The van der Waals surface area contributed by atoms with Crippen LogP contribution in [0, 0.1) is 0 Å². The quantitative estimate of drug-likeness (QED) is 0.482. The number of methoxy groups -OCH3 is 1. The minimum absolute atomic E-state index is 0.0528. The highest BCUT2D eigenvalue weighted by atomic mass is 16.5. The van der Waals surface area contributed by atoms with E-state index in [9.17, 15) is 9.59 Å². The van der Waals surface area contributed by atoms with Crippen molar-refractivity contribution in [3.8, 4) is 0 Å². The molecule has 0 bridgehead atoms. The zero-order valence-corrected chi connectivity index (χ0v) is 11.1. The normalized spacial score (nSPS) is 16.1. The van der Waals surface area contributed by atoms with Crippen molar-refractivity contribution in [2.24, 2.45) is 0 Å². The molecule has 18 heavy (non-hydrogen) atoms. The van der Waals surface area contributed by atoms with Crippen LogP contribution in [0.2, 0.25) is 0 Å². The monoisotopic (exact) mass is 257 g/mol. The van der Waals surface area contributed by atoms with Crippen LogP contribution in [-0.2, 0) is 14.3 Å². The molecule has 1 atom stereocenters. The molecule has 1 aliphatic rings. The molecule has 0 radical (unpaired) electrons. The molecule has 1 unspecified atom stereocenters. The molecule has 0 aliphatic heterocycles. The van der Waals surface area contributed by atoms with E-state index in [1.807, 2.05) is 0 Å². The molecule has 6 nitrogen and oxygen atoms in total. The summed E-state index contributed by atoms with van der Waals surface area (Å²) in [5.74, 6) is -0.0216. The second-order valence-electron chi connectivity index (χ2n) is 4.55. The van der Waals surface area contributed by atoms with Gasteiger partial charge in [-0.25, -0.2) is 0 Å². The number of carbonyl (C=O) groups is 2. The van der Waals surface area contributed by atoms with E-state index in [2.05, 4.69) is 16.0 Å². The van der Waals surface area contributed by atoms with E-state index in [4.69, 9.17) is 4.74 Å². The summed E-state index contributed by atoms with van der Waals surface area (Å²) >= 11 is 0. The van der Waals surface area contributed by atoms with Gasteiger partial charge in [0.2, 0.25) is 11.8 Å². The van der Waals surface area contributed by atoms with E-state index in [-0.39, 0.29) is 17.9 Å². The zero-order valence-electron chi connectivity index (χ0n) is 11.1. The summed E-state index contributed by atoms with van der Waals surface area (Å²) in [7, 11) is 1.59. The Balaban J connectivity index is 2.02. The average Bonchev–Trinajstić information content (AvgIpc) is 3.12. The fourth-order valence-electron chi connectivity index (χ4n) is 1.45. The molecule has 0 spiro atoms. The molecule has 1 saturated carbocycles. The summed E-state index contributed by atoms with van der Waals surface area (Å²) in [6.45, 7) is 3.30. The van der Waals surface area contributed by atoms with Gasteiger partial charge in [-0.3, -0.25) is 9.59 Å². The van der Waals surface area contributed by atoms with Crippen LogP contribution in [0.4, 0.5) is 0 Å². The van der Waals surface area contributed by atoms with Crippen LogP contribution < -0.4 is 16.0 Å². The van der Waals surface area contributed by atoms with Gasteiger partial charge in [0.25, 0.3) is 0 Å². The van der Waals surface area contributed by atoms with E-state index in [0.29, 0.717) is 32.2 Å². The molecular formula is C12H23N3O3. The third kappa shape index (κ3) is 6.56. The number of rotatable bonds is 9. The molecule has 104 valence electrons. The fraction of sp³-hybridized carbons (Fsp3) is 0.833. The van der Waals surface area contributed by atoms with Crippen LogP contribution in [0.5, 0.6) is 0 Å². The van der Waals surface area contributed by atoms with Gasteiger partial charge >= 0.3 is 0 Å². The number of nitrogens with one attached hydrogen (secondary N) is 3. The molecule has 2 amide bonds. The predicted octanol–water partition coefficient (Wildman–Crippen LogP) is -0.604. The second kappa shape index (κ2) is 8.05. The third-order valence-electron chi connectivity index (χ3n) is 2.74. The summed E-state index contributed by atoms with van der Waals surface area (Å²) in [6, 6.07) is 0.0999. The molecule has 6 heteroatoms. The highest BCUT2D eigenvalue weighted by Crippen LogP contribution is 2.18. The lowest BCUT2D eigenvalue weighted by atomic mass is 10.3. The Hall–Kier alpha value is -1.14. The molecule has 0 heterocycles. The van der Waals surface area contributed by atoms with Crippen LogP contribution in [0.3, 0.4) is 0 Å². The lowest BCUT2D eigenvalue weighted by Crippen LogP contribution is -2.44. The van der Waals surface area contributed by atoms with Crippen molar-refractivity contribution in [2.75, 3.05) is 26.8 Å².